The van der Waals surface area contributed by atoms with Gasteiger partial charge in [-0.1, -0.05) is 12.1 Å². The maximum Gasteiger partial charge on any atom is 0.323 e. The van der Waals surface area contributed by atoms with Gasteiger partial charge >= 0.3 is 5.97 Å². The number of halogens is 1. The van der Waals surface area contributed by atoms with Gasteiger partial charge in [0.25, 0.3) is 0 Å². The minimum Gasteiger partial charge on any atom is -0.465 e. The third kappa shape index (κ3) is 2.67. The number of rotatable bonds is 3. The molecule has 1 aliphatic rings. The molecule has 2 heterocycles. The number of imidazole rings is 1. The second-order valence-corrected chi connectivity index (χ2v) is 4.93. The second kappa shape index (κ2) is 5.65. The van der Waals surface area contributed by atoms with E-state index in [4.69, 9.17) is 4.74 Å². The van der Waals surface area contributed by atoms with Crippen molar-refractivity contribution in [2.45, 2.75) is 25.4 Å². The van der Waals surface area contributed by atoms with Crippen LogP contribution in [-0.4, -0.2) is 28.6 Å². The van der Waals surface area contributed by atoms with Gasteiger partial charge in [0.15, 0.2) is 0 Å². The van der Waals surface area contributed by atoms with E-state index >= 15 is 0 Å². The molecule has 110 valence electrons. The van der Waals surface area contributed by atoms with E-state index < -0.39 is 6.04 Å². The fourth-order valence-electron chi connectivity index (χ4n) is 2.59. The first-order valence-corrected chi connectivity index (χ1v) is 6.89. The summed E-state index contributed by atoms with van der Waals surface area (Å²) in [7, 11) is 0. The number of carbonyl (C=O) groups is 1. The van der Waals surface area contributed by atoms with E-state index in [1.807, 2.05) is 0 Å². The third-order valence-electron chi connectivity index (χ3n) is 3.58. The van der Waals surface area contributed by atoms with Gasteiger partial charge in [0.1, 0.15) is 11.9 Å². The van der Waals surface area contributed by atoms with E-state index in [1.165, 1.54) is 12.1 Å². The number of carbonyl (C=O) groups excluding carboxylic acids is 1. The number of H-pyrrole nitrogens is 1. The first-order valence-electron chi connectivity index (χ1n) is 6.89. The highest BCUT2D eigenvalue weighted by Gasteiger charge is 2.33. The molecule has 6 heteroatoms. The van der Waals surface area contributed by atoms with Gasteiger partial charge in [0.05, 0.1) is 24.7 Å². The van der Waals surface area contributed by atoms with Crippen molar-refractivity contribution in [3.8, 4) is 0 Å². The predicted molar refractivity (Wildman–Crippen MR) is 74.1 cm³/mol. The van der Waals surface area contributed by atoms with Crippen LogP contribution in [0.2, 0.25) is 0 Å². The van der Waals surface area contributed by atoms with E-state index in [0.717, 1.165) is 17.0 Å². The Morgan fingerprint density at radius 1 is 1.43 bits per heavy atom. The molecule has 3 rings (SSSR count). The molecule has 2 aromatic rings. The molecule has 0 saturated carbocycles. The van der Waals surface area contributed by atoms with Gasteiger partial charge in [-0.2, -0.15) is 0 Å². The van der Waals surface area contributed by atoms with Crippen molar-refractivity contribution in [3.05, 3.63) is 53.4 Å². The Balaban J connectivity index is 1.92. The van der Waals surface area contributed by atoms with Crippen molar-refractivity contribution in [3.63, 3.8) is 0 Å². The van der Waals surface area contributed by atoms with Crippen LogP contribution in [-0.2, 0) is 16.0 Å². The summed E-state index contributed by atoms with van der Waals surface area (Å²) in [5, 5.41) is 3.24. The number of hydrogen-bond acceptors (Lipinski definition) is 4. The summed E-state index contributed by atoms with van der Waals surface area (Å²) in [5.74, 6) is -0.580. The zero-order valence-corrected chi connectivity index (χ0v) is 11.6. The fourth-order valence-corrected chi connectivity index (χ4v) is 2.59. The van der Waals surface area contributed by atoms with E-state index in [-0.39, 0.29) is 17.8 Å². The molecular formula is C15H16FN3O2. The maximum atomic E-state index is 13.1. The SMILES string of the molecule is CCOC(=O)C1Cc2[nH]cnc2C(c2ccc(F)cc2)N1. The summed E-state index contributed by atoms with van der Waals surface area (Å²) < 4.78 is 18.2. The standard InChI is InChI=1S/C15H16FN3O2/c1-2-21-15(20)12-7-11-14(18-8-17-11)13(19-12)9-3-5-10(16)6-4-9/h3-6,8,12-13,19H,2,7H2,1H3,(H,17,18). The van der Waals surface area contributed by atoms with E-state index in [1.54, 1.807) is 25.4 Å². The van der Waals surface area contributed by atoms with Crippen LogP contribution >= 0.6 is 0 Å². The highest BCUT2D eigenvalue weighted by molar-refractivity contribution is 5.76. The lowest BCUT2D eigenvalue weighted by Crippen LogP contribution is -2.46. The molecular weight excluding hydrogens is 273 g/mol. The van der Waals surface area contributed by atoms with Gasteiger partial charge < -0.3 is 9.72 Å². The van der Waals surface area contributed by atoms with Crippen LogP contribution in [0.1, 0.15) is 29.9 Å². The van der Waals surface area contributed by atoms with Crippen molar-refractivity contribution in [2.24, 2.45) is 0 Å². The Morgan fingerprint density at radius 2 is 2.19 bits per heavy atom. The number of hydrogen-bond donors (Lipinski definition) is 2. The molecule has 1 aromatic carbocycles. The maximum absolute atomic E-state index is 13.1. The van der Waals surface area contributed by atoms with Gasteiger partial charge in [0.2, 0.25) is 0 Å². The lowest BCUT2D eigenvalue weighted by molar-refractivity contribution is -0.146. The summed E-state index contributed by atoms with van der Waals surface area (Å²) in [6, 6.07) is 5.50. The predicted octanol–water partition coefficient (Wildman–Crippen LogP) is 1.72. The number of ether oxygens (including phenoxy) is 1. The molecule has 1 aliphatic heterocycles. The van der Waals surface area contributed by atoms with Gasteiger partial charge in [-0.25, -0.2) is 9.37 Å². The first-order chi connectivity index (χ1) is 10.2. The van der Waals surface area contributed by atoms with Crippen molar-refractivity contribution in [1.29, 1.82) is 0 Å². The minimum atomic E-state index is -0.437. The van der Waals surface area contributed by atoms with E-state index in [2.05, 4.69) is 15.3 Å². The molecule has 0 radical (unpaired) electrons. The van der Waals surface area contributed by atoms with Crippen molar-refractivity contribution in [2.75, 3.05) is 6.61 Å². The smallest absolute Gasteiger partial charge is 0.323 e. The average molecular weight is 289 g/mol. The normalized spacial score (nSPS) is 20.9. The number of esters is 1. The monoisotopic (exact) mass is 289 g/mol. The molecule has 0 fully saturated rings. The number of aromatic amines is 1. The fraction of sp³-hybridized carbons (Fsp3) is 0.333. The van der Waals surface area contributed by atoms with Crippen LogP contribution in [0.4, 0.5) is 4.39 Å². The summed E-state index contributed by atoms with van der Waals surface area (Å²) in [6.45, 7) is 2.12. The molecule has 2 unspecified atom stereocenters. The van der Waals surface area contributed by atoms with Crippen molar-refractivity contribution >= 4 is 5.97 Å². The molecule has 0 bridgehead atoms. The quantitative estimate of drug-likeness (QED) is 0.844. The Kier molecular flexibility index (Phi) is 3.70. The van der Waals surface area contributed by atoms with Crippen LogP contribution in [0.15, 0.2) is 30.6 Å². The molecule has 5 nitrogen and oxygen atoms in total. The number of fused-ring (bicyclic) bond motifs is 1. The molecule has 0 saturated heterocycles. The Labute approximate surface area is 121 Å². The summed E-state index contributed by atoms with van der Waals surface area (Å²) in [4.78, 5) is 19.4. The topological polar surface area (TPSA) is 67.0 Å². The molecule has 21 heavy (non-hydrogen) atoms. The van der Waals surface area contributed by atoms with Gasteiger partial charge in [0, 0.05) is 12.1 Å². The Morgan fingerprint density at radius 3 is 2.90 bits per heavy atom. The largest absolute Gasteiger partial charge is 0.465 e. The molecule has 1 aromatic heterocycles. The highest BCUT2D eigenvalue weighted by Crippen LogP contribution is 2.28. The molecule has 2 atom stereocenters. The summed E-state index contributed by atoms with van der Waals surface area (Å²) in [6.07, 6.45) is 2.11. The van der Waals surface area contributed by atoms with Crippen LogP contribution in [0.3, 0.4) is 0 Å². The molecule has 0 spiro atoms. The zero-order valence-electron chi connectivity index (χ0n) is 11.6. The molecule has 0 amide bonds. The number of nitrogens with one attached hydrogen (secondary N) is 2. The van der Waals surface area contributed by atoms with E-state index in [0.29, 0.717) is 13.0 Å². The Hall–Kier alpha value is -2.21. The van der Waals surface area contributed by atoms with Crippen molar-refractivity contribution in [1.82, 2.24) is 15.3 Å². The summed E-state index contributed by atoms with van der Waals surface area (Å²) in [5.41, 5.74) is 2.60. The van der Waals surface area contributed by atoms with Gasteiger partial charge in [-0.15, -0.1) is 0 Å². The van der Waals surface area contributed by atoms with Crippen LogP contribution in [0.25, 0.3) is 0 Å². The average Bonchev–Trinajstić information content (AvgIpc) is 2.95. The number of nitrogens with zero attached hydrogens (tertiary/aromatic N) is 1. The molecule has 0 aliphatic carbocycles. The van der Waals surface area contributed by atoms with Gasteiger partial charge in [-0.05, 0) is 24.6 Å². The molecule has 2 N–H and O–H groups in total. The van der Waals surface area contributed by atoms with Crippen LogP contribution in [0.5, 0.6) is 0 Å². The third-order valence-corrected chi connectivity index (χ3v) is 3.58. The zero-order chi connectivity index (χ0) is 14.8. The minimum absolute atomic E-state index is 0.255. The number of aromatic nitrogens is 2. The number of benzene rings is 1. The highest BCUT2D eigenvalue weighted by atomic mass is 19.1. The van der Waals surface area contributed by atoms with Crippen LogP contribution in [0, 0.1) is 5.82 Å². The van der Waals surface area contributed by atoms with E-state index in [9.17, 15) is 9.18 Å². The second-order valence-electron chi connectivity index (χ2n) is 4.93. The Bertz CT molecular complexity index is 639. The lowest BCUT2D eigenvalue weighted by Gasteiger charge is -2.29. The van der Waals surface area contributed by atoms with Crippen LogP contribution < -0.4 is 5.32 Å². The van der Waals surface area contributed by atoms with Crippen molar-refractivity contribution < 1.29 is 13.9 Å². The lowest BCUT2D eigenvalue weighted by atomic mass is 9.94. The van der Waals surface area contributed by atoms with Gasteiger partial charge in [-0.3, -0.25) is 10.1 Å². The first kappa shape index (κ1) is 13.8. The summed E-state index contributed by atoms with van der Waals surface area (Å²) >= 11 is 0.